The molecule has 3 aromatic rings. The van der Waals surface area contributed by atoms with Gasteiger partial charge in [0, 0.05) is 42.3 Å². The molecule has 2 bridgehead atoms. The van der Waals surface area contributed by atoms with Gasteiger partial charge >= 0.3 is 5.97 Å². The number of primary amides is 1. The van der Waals surface area contributed by atoms with Crippen LogP contribution in [0, 0.1) is 5.92 Å². The molecule has 8 nitrogen and oxygen atoms in total. The van der Waals surface area contributed by atoms with E-state index in [2.05, 4.69) is 9.97 Å². The summed E-state index contributed by atoms with van der Waals surface area (Å²) in [6.45, 7) is 1.98. The van der Waals surface area contributed by atoms with Crippen molar-refractivity contribution < 1.29 is 23.9 Å². The number of piperidine rings is 3. The largest absolute Gasteiger partial charge is 0.453 e. The molecule has 4 heterocycles. The molecule has 8 heteroatoms. The summed E-state index contributed by atoms with van der Waals surface area (Å²) in [7, 11) is 0. The zero-order chi connectivity index (χ0) is 24.9. The average Bonchev–Trinajstić information content (AvgIpc) is 2.90. The van der Waals surface area contributed by atoms with Crippen LogP contribution >= 0.6 is 0 Å². The third-order valence-electron chi connectivity index (χ3n) is 8.42. The van der Waals surface area contributed by atoms with Crippen molar-refractivity contribution in [3.63, 3.8) is 0 Å². The van der Waals surface area contributed by atoms with Crippen LogP contribution in [-0.4, -0.2) is 57.2 Å². The van der Waals surface area contributed by atoms with Crippen molar-refractivity contribution in [3.8, 4) is 0 Å². The van der Waals surface area contributed by atoms with Crippen molar-refractivity contribution in [3.05, 3.63) is 95.1 Å². The summed E-state index contributed by atoms with van der Waals surface area (Å²) < 4.78 is 6.59. The van der Waals surface area contributed by atoms with Gasteiger partial charge in [0.25, 0.3) is 5.91 Å². The monoisotopic (exact) mass is 485 g/mol. The zero-order valence-corrected chi connectivity index (χ0v) is 19.9. The maximum atomic E-state index is 13.9. The summed E-state index contributed by atoms with van der Waals surface area (Å²) in [5, 5.41) is 12.0. The minimum Gasteiger partial charge on any atom is -0.453 e. The van der Waals surface area contributed by atoms with E-state index < -0.39 is 29.6 Å². The second-order valence-electron chi connectivity index (χ2n) is 10.3. The molecule has 184 valence electrons. The number of hydrogen-bond acceptors (Lipinski definition) is 6. The number of carbonyl (C=O) groups is 2. The van der Waals surface area contributed by atoms with E-state index in [0.29, 0.717) is 34.1 Å². The number of nitrogens with zero attached hydrogens (tertiary/aromatic N) is 3. The second kappa shape index (κ2) is 8.50. The number of esters is 1. The Balaban J connectivity index is 1.34. The molecule has 3 fully saturated rings. The van der Waals surface area contributed by atoms with Crippen LogP contribution in [-0.2, 0) is 26.3 Å². The molecule has 3 N–H and O–H groups in total. The van der Waals surface area contributed by atoms with Gasteiger partial charge < -0.3 is 20.1 Å². The maximum absolute atomic E-state index is 13.9. The highest BCUT2D eigenvalue weighted by atomic mass is 16.6. The molecule has 7 rings (SSSR count). The number of nitrogens with two attached hydrogens (primary N) is 1. The smallest absolute Gasteiger partial charge is 0.348 e. The van der Waals surface area contributed by atoms with Crippen LogP contribution in [0.5, 0.6) is 0 Å². The van der Waals surface area contributed by atoms with Crippen molar-refractivity contribution in [2.45, 2.75) is 37.0 Å². The summed E-state index contributed by atoms with van der Waals surface area (Å²) in [5.74, 6) is -0.936. The van der Waals surface area contributed by atoms with Gasteiger partial charge in [0.1, 0.15) is 12.9 Å². The van der Waals surface area contributed by atoms with E-state index in [1.54, 1.807) is 24.5 Å². The van der Waals surface area contributed by atoms with Crippen molar-refractivity contribution in [1.82, 2.24) is 9.97 Å². The molecule has 3 aliphatic heterocycles. The Labute approximate surface area is 209 Å². The van der Waals surface area contributed by atoms with Gasteiger partial charge in [-0.25, -0.2) is 14.8 Å². The molecule has 0 radical (unpaired) electrons. The number of benzene rings is 2. The van der Waals surface area contributed by atoms with Crippen LogP contribution in [0.15, 0.2) is 67.3 Å². The molecule has 3 saturated heterocycles. The summed E-state index contributed by atoms with van der Waals surface area (Å²) in [6.07, 6.45) is 6.52. The van der Waals surface area contributed by atoms with Crippen LogP contribution in [0.25, 0.3) is 0 Å². The highest BCUT2D eigenvalue weighted by molar-refractivity contribution is 5.87. The molecule has 0 saturated carbocycles. The van der Waals surface area contributed by atoms with Gasteiger partial charge in [0.05, 0.1) is 18.7 Å². The van der Waals surface area contributed by atoms with E-state index in [-0.39, 0.29) is 5.92 Å². The van der Waals surface area contributed by atoms with Gasteiger partial charge in [-0.2, -0.15) is 0 Å². The van der Waals surface area contributed by atoms with Gasteiger partial charge in [-0.15, -0.1) is 0 Å². The lowest BCUT2D eigenvalue weighted by Gasteiger charge is -2.54. The van der Waals surface area contributed by atoms with Crippen molar-refractivity contribution >= 4 is 11.9 Å². The highest BCUT2D eigenvalue weighted by Gasteiger charge is 2.55. The van der Waals surface area contributed by atoms with Crippen LogP contribution < -0.4 is 5.73 Å². The summed E-state index contributed by atoms with van der Waals surface area (Å²) >= 11 is 0. The minimum absolute atomic E-state index is 0.173. The number of quaternary nitrogens is 1. The third-order valence-corrected chi connectivity index (χ3v) is 8.42. The van der Waals surface area contributed by atoms with Crippen molar-refractivity contribution in [2.24, 2.45) is 11.7 Å². The lowest BCUT2D eigenvalue weighted by molar-refractivity contribution is -0.965. The number of fused-ring (bicyclic) bond motifs is 5. The van der Waals surface area contributed by atoms with Crippen LogP contribution in [0.1, 0.15) is 46.7 Å². The third kappa shape index (κ3) is 3.43. The number of hydrogen-bond donors (Lipinski definition) is 2. The molecule has 1 unspecified atom stereocenters. The molecule has 1 aliphatic carbocycles. The number of ether oxygens (including phenoxy) is 1. The fourth-order valence-corrected chi connectivity index (χ4v) is 6.71. The van der Waals surface area contributed by atoms with E-state index in [4.69, 9.17) is 10.5 Å². The van der Waals surface area contributed by atoms with Crippen LogP contribution in [0.2, 0.25) is 0 Å². The zero-order valence-electron chi connectivity index (χ0n) is 19.9. The maximum Gasteiger partial charge on any atom is 0.348 e. The predicted octanol–water partition coefficient (Wildman–Crippen LogP) is 2.00. The SMILES string of the molecule is NC(=O)C(c1cncnc1)[N+]12CCC(CC1)[C@@H](OC(=O)C1(O)c3ccccc3Cc3ccccc31)C2. The van der Waals surface area contributed by atoms with Gasteiger partial charge in [0.2, 0.25) is 5.60 Å². The molecular formula is C28H29N4O4+. The van der Waals surface area contributed by atoms with Gasteiger partial charge in [-0.1, -0.05) is 48.5 Å². The first kappa shape index (κ1) is 22.8. The average molecular weight is 486 g/mol. The highest BCUT2D eigenvalue weighted by Crippen LogP contribution is 2.45. The van der Waals surface area contributed by atoms with E-state index in [9.17, 15) is 14.7 Å². The quantitative estimate of drug-likeness (QED) is 0.422. The lowest BCUT2D eigenvalue weighted by Crippen LogP contribution is -2.67. The predicted molar refractivity (Wildman–Crippen MR) is 130 cm³/mol. The Bertz CT molecular complexity index is 1270. The Morgan fingerprint density at radius 3 is 2.17 bits per heavy atom. The lowest BCUT2D eigenvalue weighted by atomic mass is 9.74. The Hall–Kier alpha value is -3.62. The van der Waals surface area contributed by atoms with E-state index in [0.717, 1.165) is 37.1 Å². The molecular weight excluding hydrogens is 456 g/mol. The van der Waals surface area contributed by atoms with E-state index in [1.807, 2.05) is 36.4 Å². The van der Waals surface area contributed by atoms with Crippen LogP contribution in [0.4, 0.5) is 0 Å². The van der Waals surface area contributed by atoms with Crippen molar-refractivity contribution in [1.29, 1.82) is 0 Å². The number of carbonyl (C=O) groups excluding carboxylic acids is 2. The normalized spacial score (nSPS) is 26.4. The van der Waals surface area contributed by atoms with Crippen molar-refractivity contribution in [2.75, 3.05) is 19.6 Å². The molecule has 36 heavy (non-hydrogen) atoms. The first-order chi connectivity index (χ1) is 17.4. The fraction of sp³-hybridized carbons (Fsp3) is 0.357. The molecule has 1 amide bonds. The van der Waals surface area contributed by atoms with Gasteiger partial charge in [-0.3, -0.25) is 4.79 Å². The summed E-state index contributed by atoms with van der Waals surface area (Å²) in [4.78, 5) is 34.8. The molecule has 2 aromatic carbocycles. The Morgan fingerprint density at radius 1 is 1.00 bits per heavy atom. The number of rotatable bonds is 5. The minimum atomic E-state index is -1.89. The molecule has 2 atom stereocenters. The Kier molecular flexibility index (Phi) is 5.39. The first-order valence-corrected chi connectivity index (χ1v) is 12.4. The van der Waals surface area contributed by atoms with Crippen LogP contribution in [0.3, 0.4) is 0 Å². The number of amides is 1. The topological polar surface area (TPSA) is 115 Å². The molecule has 0 spiro atoms. The summed E-state index contributed by atoms with van der Waals surface area (Å²) in [6, 6.07) is 14.4. The van der Waals surface area contributed by atoms with Gasteiger partial charge in [-0.05, 0) is 17.5 Å². The standard InChI is InChI=1S/C28H28N4O4/c29-26(33)25(21-14-30-17-31-15-21)32-11-9-18(10-12-32)24(16-32)36-27(34)28(35)22-7-3-1-5-19(22)13-20-6-2-4-8-23(20)28/h1-8,14-15,17-18,24-25,35H,9-13,16H2,(H-,29,33)/p+1/t18?,24-,25?,32?/m0/s1. The Morgan fingerprint density at radius 2 is 1.58 bits per heavy atom. The molecule has 1 aromatic heterocycles. The van der Waals surface area contributed by atoms with Gasteiger partial charge in [0.15, 0.2) is 12.1 Å². The number of aliphatic hydroxyl groups is 1. The van der Waals surface area contributed by atoms with E-state index >= 15 is 0 Å². The second-order valence-corrected chi connectivity index (χ2v) is 10.3. The van der Waals surface area contributed by atoms with E-state index in [1.165, 1.54) is 6.33 Å². The first-order valence-electron chi connectivity index (χ1n) is 12.4. The fourth-order valence-electron chi connectivity index (χ4n) is 6.71. The summed E-state index contributed by atoms with van der Waals surface area (Å²) in [5.41, 5.74) is 7.64. The number of aromatic nitrogens is 2. The molecule has 4 aliphatic rings.